The van der Waals surface area contributed by atoms with E-state index in [1.165, 1.54) is 0 Å². The van der Waals surface area contributed by atoms with Crippen molar-refractivity contribution in [3.05, 3.63) is 0 Å². The smallest absolute Gasteiger partial charge is 0.384 e. The van der Waals surface area contributed by atoms with Gasteiger partial charge in [-0.2, -0.15) is 0 Å². The highest BCUT2D eigenvalue weighted by Gasteiger charge is 2.10. The maximum atomic E-state index is 5.55. The molecule has 0 amide bonds. The first-order valence-corrected chi connectivity index (χ1v) is 8.07. The largest absolute Gasteiger partial charge is 0.397 e. The topological polar surface area (TPSA) is 85.8 Å². The molecule has 0 fully saturated rings. The van der Waals surface area contributed by atoms with Crippen LogP contribution in [0.1, 0.15) is 6.42 Å². The zero-order valence-corrected chi connectivity index (χ0v) is 12.8. The molecule has 0 aromatic carbocycles. The van der Waals surface area contributed by atoms with Crippen LogP contribution in [-0.2, 0) is 8.85 Å². The second kappa shape index (κ2) is 13.4. The van der Waals surface area contributed by atoms with Crippen LogP contribution < -0.4 is 16.8 Å². The van der Waals surface area contributed by atoms with Crippen molar-refractivity contribution >= 4 is 9.28 Å². The lowest BCUT2D eigenvalue weighted by Crippen LogP contribution is -2.38. The summed E-state index contributed by atoms with van der Waals surface area (Å²) >= 11 is 0. The molecule has 0 aliphatic heterocycles. The fraction of sp³-hybridized carbons (Fsp3) is 1.00. The van der Waals surface area contributed by atoms with Crippen LogP contribution in [0, 0.1) is 0 Å². The molecule has 7 heteroatoms. The molecule has 0 saturated heterocycles. The Kier molecular flexibility index (Phi) is 13.4. The predicted molar refractivity (Wildman–Crippen MR) is 76.6 cm³/mol. The average molecular weight is 277 g/mol. The van der Waals surface area contributed by atoms with Gasteiger partial charge in [0.05, 0.1) is 0 Å². The number of hydrogen-bond acceptors (Lipinski definition) is 6. The minimum absolute atomic E-state index is 0.688. The normalized spacial score (nSPS) is 11.7. The highest BCUT2D eigenvalue weighted by Crippen LogP contribution is 1.97. The Morgan fingerprint density at radius 3 is 2.11 bits per heavy atom. The van der Waals surface area contributed by atoms with E-state index in [1.54, 1.807) is 14.2 Å². The molecule has 0 rings (SSSR count). The molecule has 0 unspecified atom stereocenters. The minimum Gasteiger partial charge on any atom is -0.397 e. The van der Waals surface area contributed by atoms with Gasteiger partial charge in [-0.3, -0.25) is 4.90 Å². The summed E-state index contributed by atoms with van der Waals surface area (Å²) in [5.41, 5.74) is 11.1. The van der Waals surface area contributed by atoms with Gasteiger partial charge in [0.1, 0.15) is 0 Å². The molecule has 18 heavy (non-hydrogen) atoms. The van der Waals surface area contributed by atoms with Crippen LogP contribution in [0.25, 0.3) is 0 Å². The first-order chi connectivity index (χ1) is 8.78. The van der Waals surface area contributed by atoms with Crippen molar-refractivity contribution in [2.45, 2.75) is 12.5 Å². The van der Waals surface area contributed by atoms with Crippen LogP contribution in [0.5, 0.6) is 0 Å². The Bertz CT molecular complexity index is 167. The number of hydrogen-bond donors (Lipinski definition) is 3. The van der Waals surface area contributed by atoms with Gasteiger partial charge < -0.3 is 25.6 Å². The van der Waals surface area contributed by atoms with E-state index in [0.29, 0.717) is 13.1 Å². The quantitative estimate of drug-likeness (QED) is 0.295. The fourth-order valence-electron chi connectivity index (χ4n) is 1.71. The monoisotopic (exact) mass is 277 g/mol. The SMILES string of the molecule is CO[Si](CCCNCCN(CCN)CCN)OC. The fourth-order valence-corrected chi connectivity index (χ4v) is 2.75. The summed E-state index contributed by atoms with van der Waals surface area (Å²) in [5, 5.41) is 3.42. The van der Waals surface area contributed by atoms with Crippen molar-refractivity contribution in [3.63, 3.8) is 0 Å². The van der Waals surface area contributed by atoms with Gasteiger partial charge in [-0.1, -0.05) is 0 Å². The van der Waals surface area contributed by atoms with E-state index in [-0.39, 0.29) is 0 Å². The summed E-state index contributed by atoms with van der Waals surface area (Å²) < 4.78 is 10.4. The molecular formula is C11H29N4O2Si. The summed E-state index contributed by atoms with van der Waals surface area (Å²) in [6.07, 6.45) is 1.09. The Morgan fingerprint density at radius 1 is 1.00 bits per heavy atom. The van der Waals surface area contributed by atoms with Crippen molar-refractivity contribution in [2.75, 3.05) is 60.0 Å². The van der Waals surface area contributed by atoms with Crippen LogP contribution in [-0.4, -0.2) is 74.2 Å². The zero-order chi connectivity index (χ0) is 13.6. The van der Waals surface area contributed by atoms with Gasteiger partial charge in [-0.25, -0.2) is 0 Å². The zero-order valence-electron chi connectivity index (χ0n) is 11.8. The second-order valence-corrected chi connectivity index (χ2v) is 6.11. The van der Waals surface area contributed by atoms with Crippen molar-refractivity contribution in [1.82, 2.24) is 10.2 Å². The third kappa shape index (κ3) is 9.95. The number of nitrogens with zero attached hydrogens (tertiary/aromatic N) is 1. The number of nitrogens with one attached hydrogen (secondary N) is 1. The lowest BCUT2D eigenvalue weighted by molar-refractivity contribution is 0.275. The molecule has 0 spiro atoms. The van der Waals surface area contributed by atoms with E-state index in [9.17, 15) is 0 Å². The van der Waals surface area contributed by atoms with Crippen molar-refractivity contribution in [2.24, 2.45) is 11.5 Å². The molecule has 109 valence electrons. The third-order valence-electron chi connectivity index (χ3n) is 2.69. The lowest BCUT2D eigenvalue weighted by atomic mass is 10.4. The van der Waals surface area contributed by atoms with Gasteiger partial charge in [0.2, 0.25) is 0 Å². The molecule has 0 aromatic rings. The molecule has 0 aliphatic rings. The van der Waals surface area contributed by atoms with Crippen LogP contribution in [0.2, 0.25) is 6.04 Å². The van der Waals surface area contributed by atoms with E-state index >= 15 is 0 Å². The first kappa shape index (κ1) is 18.0. The maximum Gasteiger partial charge on any atom is 0.384 e. The highest BCUT2D eigenvalue weighted by molar-refractivity contribution is 6.44. The van der Waals surface area contributed by atoms with E-state index in [1.807, 2.05) is 0 Å². The molecule has 5 N–H and O–H groups in total. The van der Waals surface area contributed by atoms with Gasteiger partial charge in [-0.05, 0) is 19.0 Å². The molecule has 0 saturated carbocycles. The Balaban J connectivity index is 3.42. The number of nitrogens with two attached hydrogens (primary N) is 2. The van der Waals surface area contributed by atoms with Crippen LogP contribution in [0.15, 0.2) is 0 Å². The van der Waals surface area contributed by atoms with E-state index < -0.39 is 9.28 Å². The highest BCUT2D eigenvalue weighted by atomic mass is 28.3. The molecule has 0 bridgehead atoms. The summed E-state index contributed by atoms with van der Waals surface area (Å²) in [6, 6.07) is 1.01. The van der Waals surface area contributed by atoms with Gasteiger partial charge in [0, 0.05) is 53.5 Å². The first-order valence-electron chi connectivity index (χ1n) is 6.55. The Labute approximate surface area is 113 Å². The van der Waals surface area contributed by atoms with Gasteiger partial charge in [0.15, 0.2) is 0 Å². The lowest BCUT2D eigenvalue weighted by Gasteiger charge is -2.20. The predicted octanol–water partition coefficient (Wildman–Crippen LogP) is -1.03. The maximum absolute atomic E-state index is 5.55. The average Bonchev–Trinajstić information content (AvgIpc) is 2.38. The molecular weight excluding hydrogens is 248 g/mol. The van der Waals surface area contributed by atoms with Crippen LogP contribution in [0.3, 0.4) is 0 Å². The van der Waals surface area contributed by atoms with Crippen LogP contribution >= 0.6 is 0 Å². The molecule has 0 heterocycles. The van der Waals surface area contributed by atoms with Crippen molar-refractivity contribution < 1.29 is 8.85 Å². The van der Waals surface area contributed by atoms with Gasteiger partial charge in [-0.15, -0.1) is 0 Å². The van der Waals surface area contributed by atoms with Crippen molar-refractivity contribution in [3.8, 4) is 0 Å². The van der Waals surface area contributed by atoms with Gasteiger partial charge >= 0.3 is 9.28 Å². The molecule has 0 atom stereocenters. The van der Waals surface area contributed by atoms with Gasteiger partial charge in [0.25, 0.3) is 0 Å². The second-order valence-electron chi connectivity index (χ2n) is 4.05. The molecule has 0 aromatic heterocycles. The Morgan fingerprint density at radius 2 is 1.61 bits per heavy atom. The Hall–Kier alpha value is -0.0231. The summed E-state index contributed by atoms with van der Waals surface area (Å²) in [7, 11) is 2.40. The molecule has 6 nitrogen and oxygen atoms in total. The summed E-state index contributed by atoms with van der Waals surface area (Å²) in [4.78, 5) is 2.28. The molecule has 1 radical (unpaired) electrons. The third-order valence-corrected chi connectivity index (χ3v) is 4.36. The van der Waals surface area contributed by atoms with E-state index in [4.69, 9.17) is 20.3 Å². The molecule has 0 aliphatic carbocycles. The van der Waals surface area contributed by atoms with Crippen molar-refractivity contribution in [1.29, 1.82) is 0 Å². The van der Waals surface area contributed by atoms with Crippen LogP contribution in [0.4, 0.5) is 0 Å². The van der Waals surface area contributed by atoms with E-state index in [2.05, 4.69) is 10.2 Å². The van der Waals surface area contributed by atoms with E-state index in [0.717, 1.165) is 45.2 Å². The number of rotatable bonds is 13. The minimum atomic E-state index is -1.03. The summed E-state index contributed by atoms with van der Waals surface area (Å²) in [6.45, 7) is 6.18. The standard InChI is InChI=1S/C11H29N4O2Si/c1-16-18(17-2)11-3-6-14-7-10-15(8-4-12)9-5-13/h14H,3-13H2,1-2H3. The summed E-state index contributed by atoms with van der Waals surface area (Å²) in [5.74, 6) is 0.